The molecule has 0 aromatic carbocycles. The number of anilines is 2. The van der Waals surface area contributed by atoms with Crippen molar-refractivity contribution in [2.45, 2.75) is 58.8 Å². The van der Waals surface area contributed by atoms with Gasteiger partial charge in [0.15, 0.2) is 0 Å². The summed E-state index contributed by atoms with van der Waals surface area (Å²) in [5, 5.41) is 13.2. The molecular weight excluding hydrogens is 264 g/mol. The monoisotopic (exact) mass is 292 g/mol. The van der Waals surface area contributed by atoms with Crippen molar-refractivity contribution in [3.63, 3.8) is 0 Å². The Labute approximate surface area is 127 Å². The normalized spacial score (nSPS) is 18.0. The number of aliphatic hydroxyl groups excluding tert-OH is 1. The third kappa shape index (κ3) is 3.64. The van der Waals surface area contributed by atoms with Gasteiger partial charge >= 0.3 is 0 Å². The average molecular weight is 292 g/mol. The molecule has 0 bridgehead atoms. The van der Waals surface area contributed by atoms with Gasteiger partial charge in [0, 0.05) is 23.4 Å². The molecule has 2 rings (SSSR count). The second kappa shape index (κ2) is 6.60. The summed E-state index contributed by atoms with van der Waals surface area (Å²) in [4.78, 5) is 8.94. The van der Waals surface area contributed by atoms with Gasteiger partial charge in [-0.05, 0) is 19.8 Å². The van der Waals surface area contributed by atoms with E-state index in [1.807, 2.05) is 6.92 Å². The van der Waals surface area contributed by atoms with Crippen molar-refractivity contribution in [1.29, 1.82) is 0 Å². The molecule has 0 aliphatic heterocycles. The van der Waals surface area contributed by atoms with Crippen molar-refractivity contribution in [2.24, 2.45) is 5.41 Å². The predicted molar refractivity (Wildman–Crippen MR) is 86.4 cm³/mol. The third-order valence-electron chi connectivity index (χ3n) is 4.60. The number of nitrogen functional groups attached to an aromatic ring is 1. The molecule has 118 valence electrons. The zero-order valence-corrected chi connectivity index (χ0v) is 13.4. The number of nitrogens with one attached hydrogen (secondary N) is 1. The zero-order chi connectivity index (χ0) is 15.5. The molecule has 4 N–H and O–H groups in total. The topological polar surface area (TPSA) is 84.1 Å². The molecule has 0 atom stereocenters. The minimum Gasteiger partial charge on any atom is -0.396 e. The highest BCUT2D eigenvalue weighted by Gasteiger charge is 2.31. The quantitative estimate of drug-likeness (QED) is 0.777. The fourth-order valence-electron chi connectivity index (χ4n) is 2.95. The standard InChI is InChI=1S/C16H28N4O/c1-11(2)14-19-13(17)12(3)15(20-14)18-9-16(10-21)7-5-4-6-8-16/h11,21H,4-10H2,1-3H3,(H3,17,18,19,20). The van der Waals surface area contributed by atoms with Gasteiger partial charge in [-0.2, -0.15) is 0 Å². The van der Waals surface area contributed by atoms with Crippen LogP contribution in [-0.2, 0) is 0 Å². The van der Waals surface area contributed by atoms with Crippen LogP contribution in [0.15, 0.2) is 0 Å². The Kier molecular flexibility index (Phi) is 5.04. The van der Waals surface area contributed by atoms with Crippen LogP contribution < -0.4 is 11.1 Å². The van der Waals surface area contributed by atoms with Gasteiger partial charge < -0.3 is 16.2 Å². The second-order valence-electron chi connectivity index (χ2n) is 6.67. The number of aliphatic hydroxyl groups is 1. The Morgan fingerprint density at radius 2 is 1.90 bits per heavy atom. The molecule has 0 radical (unpaired) electrons. The minimum atomic E-state index is -0.0115. The highest BCUT2D eigenvalue weighted by molar-refractivity contribution is 5.55. The van der Waals surface area contributed by atoms with E-state index in [1.165, 1.54) is 19.3 Å². The van der Waals surface area contributed by atoms with Crippen molar-refractivity contribution < 1.29 is 5.11 Å². The molecule has 21 heavy (non-hydrogen) atoms. The highest BCUT2D eigenvalue weighted by atomic mass is 16.3. The van der Waals surface area contributed by atoms with Gasteiger partial charge in [0.05, 0.1) is 6.61 Å². The van der Waals surface area contributed by atoms with Crippen LogP contribution in [0.2, 0.25) is 0 Å². The fourth-order valence-corrected chi connectivity index (χ4v) is 2.95. The lowest BCUT2D eigenvalue weighted by Crippen LogP contribution is -2.36. The molecule has 5 nitrogen and oxygen atoms in total. The smallest absolute Gasteiger partial charge is 0.135 e. The zero-order valence-electron chi connectivity index (χ0n) is 13.4. The van der Waals surface area contributed by atoms with Crippen LogP contribution in [0.3, 0.4) is 0 Å². The van der Waals surface area contributed by atoms with Crippen molar-refractivity contribution in [3.8, 4) is 0 Å². The average Bonchev–Trinajstić information content (AvgIpc) is 2.49. The van der Waals surface area contributed by atoms with Gasteiger partial charge in [0.25, 0.3) is 0 Å². The van der Waals surface area contributed by atoms with Crippen LogP contribution in [0.4, 0.5) is 11.6 Å². The highest BCUT2D eigenvalue weighted by Crippen LogP contribution is 2.36. The molecule has 0 spiro atoms. The summed E-state index contributed by atoms with van der Waals surface area (Å²) in [7, 11) is 0. The van der Waals surface area contributed by atoms with E-state index in [9.17, 15) is 5.11 Å². The van der Waals surface area contributed by atoms with Crippen LogP contribution in [-0.4, -0.2) is 28.2 Å². The summed E-state index contributed by atoms with van der Waals surface area (Å²) in [6.45, 7) is 7.04. The number of aromatic nitrogens is 2. The van der Waals surface area contributed by atoms with Gasteiger partial charge in [-0.15, -0.1) is 0 Å². The molecule has 1 saturated carbocycles. The SMILES string of the molecule is Cc1c(N)nc(C(C)C)nc1NCC1(CO)CCCCC1. The van der Waals surface area contributed by atoms with Crippen LogP contribution in [0.5, 0.6) is 0 Å². The number of nitrogens with two attached hydrogens (primary N) is 1. The molecule has 1 fully saturated rings. The summed E-state index contributed by atoms with van der Waals surface area (Å²) in [6, 6.07) is 0. The van der Waals surface area contributed by atoms with Gasteiger partial charge in [-0.1, -0.05) is 33.1 Å². The number of hydrogen-bond acceptors (Lipinski definition) is 5. The van der Waals surface area contributed by atoms with Gasteiger partial charge in [-0.3, -0.25) is 0 Å². The third-order valence-corrected chi connectivity index (χ3v) is 4.60. The van der Waals surface area contributed by atoms with E-state index in [0.29, 0.717) is 5.82 Å². The maximum absolute atomic E-state index is 9.79. The molecule has 0 unspecified atom stereocenters. The molecule has 0 saturated heterocycles. The molecule has 1 aromatic rings. The fraction of sp³-hybridized carbons (Fsp3) is 0.750. The van der Waals surface area contributed by atoms with E-state index in [-0.39, 0.29) is 17.9 Å². The Bertz CT molecular complexity index is 481. The molecule has 0 amide bonds. The lowest BCUT2D eigenvalue weighted by molar-refractivity contribution is 0.0943. The maximum Gasteiger partial charge on any atom is 0.135 e. The van der Waals surface area contributed by atoms with Gasteiger partial charge in [-0.25, -0.2) is 9.97 Å². The lowest BCUT2D eigenvalue weighted by atomic mass is 9.74. The molecule has 1 aliphatic rings. The number of rotatable bonds is 5. The van der Waals surface area contributed by atoms with Crippen LogP contribution in [0, 0.1) is 12.3 Å². The van der Waals surface area contributed by atoms with E-state index in [2.05, 4.69) is 29.1 Å². The lowest BCUT2D eigenvalue weighted by Gasteiger charge is -2.36. The number of hydrogen-bond donors (Lipinski definition) is 3. The van der Waals surface area contributed by atoms with Crippen molar-refractivity contribution >= 4 is 11.6 Å². The van der Waals surface area contributed by atoms with E-state index in [4.69, 9.17) is 5.73 Å². The van der Waals surface area contributed by atoms with E-state index >= 15 is 0 Å². The summed E-state index contributed by atoms with van der Waals surface area (Å²) >= 11 is 0. The van der Waals surface area contributed by atoms with E-state index in [0.717, 1.165) is 36.6 Å². The van der Waals surface area contributed by atoms with E-state index < -0.39 is 0 Å². The summed E-state index contributed by atoms with van der Waals surface area (Å²) in [6.07, 6.45) is 5.83. The van der Waals surface area contributed by atoms with Gasteiger partial charge in [0.2, 0.25) is 0 Å². The van der Waals surface area contributed by atoms with Crippen LogP contribution in [0.25, 0.3) is 0 Å². The molecule has 5 heteroatoms. The van der Waals surface area contributed by atoms with Gasteiger partial charge in [0.1, 0.15) is 17.5 Å². The van der Waals surface area contributed by atoms with Crippen LogP contribution in [0.1, 0.15) is 63.3 Å². The maximum atomic E-state index is 9.79. The minimum absolute atomic E-state index is 0.0115. The number of nitrogens with zero attached hydrogens (tertiary/aromatic N) is 2. The predicted octanol–water partition coefficient (Wildman–Crippen LogP) is 2.85. The first-order chi connectivity index (χ1) is 9.97. The Balaban J connectivity index is 2.15. The first-order valence-electron chi connectivity index (χ1n) is 7.96. The van der Waals surface area contributed by atoms with Crippen molar-refractivity contribution in [3.05, 3.63) is 11.4 Å². The largest absolute Gasteiger partial charge is 0.396 e. The molecule has 1 heterocycles. The molecule has 1 aromatic heterocycles. The van der Waals surface area contributed by atoms with Crippen molar-refractivity contribution in [2.75, 3.05) is 24.2 Å². The summed E-state index contributed by atoms with van der Waals surface area (Å²) in [5.41, 5.74) is 6.87. The second-order valence-corrected chi connectivity index (χ2v) is 6.67. The van der Waals surface area contributed by atoms with Crippen LogP contribution >= 0.6 is 0 Å². The first kappa shape index (κ1) is 16.0. The summed E-state index contributed by atoms with van der Waals surface area (Å²) < 4.78 is 0. The Morgan fingerprint density at radius 1 is 1.24 bits per heavy atom. The Hall–Kier alpha value is -1.36. The van der Waals surface area contributed by atoms with Crippen molar-refractivity contribution in [1.82, 2.24) is 9.97 Å². The molecule has 1 aliphatic carbocycles. The first-order valence-corrected chi connectivity index (χ1v) is 7.96. The van der Waals surface area contributed by atoms with E-state index in [1.54, 1.807) is 0 Å². The summed E-state index contributed by atoms with van der Waals surface area (Å²) in [5.74, 6) is 2.36. The molecular formula is C16H28N4O. The Morgan fingerprint density at radius 3 is 2.48 bits per heavy atom.